The van der Waals surface area contributed by atoms with Crippen LogP contribution in [0, 0.1) is 12.8 Å². The number of hydroxylamine groups is 1. The Morgan fingerprint density at radius 1 is 1.29 bits per heavy atom. The summed E-state index contributed by atoms with van der Waals surface area (Å²) in [5.74, 6) is 0.939. The first-order valence-electron chi connectivity index (χ1n) is 9.58. The lowest BCUT2D eigenvalue weighted by atomic mass is 9.89. The maximum Gasteiger partial charge on any atom is 0.267 e. The maximum absolute atomic E-state index is 11.1. The molecular formula is C19H31Cl2N5O2. The number of amides is 1. The number of hydrogen-bond donors (Lipinski definition) is 3. The van der Waals surface area contributed by atoms with Crippen LogP contribution in [0.4, 0.5) is 5.95 Å². The van der Waals surface area contributed by atoms with Gasteiger partial charge in [0.15, 0.2) is 0 Å². The number of rotatable bonds is 6. The standard InChI is InChI=1S/C19H29N5O2.2ClH/c1-14-16(7-8-18(25)23-26)11-20-19(21-14)22-17-9-10-24(13-17)12-15-5-3-2-4-6-15;;/h7-8,11,15,17,26H,2-6,9-10,12-13H2,1H3,(H,23,25)(H,20,21,22);2*1H/t17-;;/m1../s1. The van der Waals surface area contributed by atoms with Crippen molar-refractivity contribution in [3.8, 4) is 0 Å². The van der Waals surface area contributed by atoms with Gasteiger partial charge in [-0.15, -0.1) is 24.8 Å². The van der Waals surface area contributed by atoms with E-state index in [4.69, 9.17) is 5.21 Å². The van der Waals surface area contributed by atoms with E-state index in [1.54, 1.807) is 17.8 Å². The second-order valence-corrected chi connectivity index (χ2v) is 7.44. The van der Waals surface area contributed by atoms with Crippen molar-refractivity contribution in [3.63, 3.8) is 0 Å². The quantitative estimate of drug-likeness (QED) is 0.363. The Morgan fingerprint density at radius 3 is 2.71 bits per heavy atom. The van der Waals surface area contributed by atoms with Crippen molar-refractivity contribution in [1.29, 1.82) is 0 Å². The molecule has 1 amide bonds. The van der Waals surface area contributed by atoms with Gasteiger partial charge in [-0.3, -0.25) is 10.0 Å². The fourth-order valence-corrected chi connectivity index (χ4v) is 3.95. The number of likely N-dealkylation sites (tertiary alicyclic amines) is 1. The van der Waals surface area contributed by atoms with Crippen LogP contribution in [0.25, 0.3) is 6.08 Å². The third-order valence-corrected chi connectivity index (χ3v) is 5.39. The van der Waals surface area contributed by atoms with Gasteiger partial charge in [0, 0.05) is 43.5 Å². The zero-order chi connectivity index (χ0) is 18.4. The van der Waals surface area contributed by atoms with Gasteiger partial charge in [-0.1, -0.05) is 19.3 Å². The van der Waals surface area contributed by atoms with E-state index in [2.05, 4.69) is 20.2 Å². The zero-order valence-electron chi connectivity index (χ0n) is 16.3. The maximum atomic E-state index is 11.1. The number of nitrogens with one attached hydrogen (secondary N) is 2. The lowest BCUT2D eigenvalue weighted by Gasteiger charge is -2.26. The van der Waals surface area contributed by atoms with E-state index in [0.29, 0.717) is 12.0 Å². The SMILES string of the molecule is Cc1nc(N[C@@H]2CCN(CC3CCCCC3)C2)ncc1C=CC(=O)NO.Cl.Cl. The van der Waals surface area contributed by atoms with Gasteiger partial charge in [0.25, 0.3) is 5.91 Å². The first-order chi connectivity index (χ1) is 12.6. The fraction of sp³-hybridized carbons (Fsp3) is 0.632. The Kier molecular flexibility index (Phi) is 10.7. The van der Waals surface area contributed by atoms with Crippen molar-refractivity contribution >= 4 is 42.7 Å². The molecule has 0 spiro atoms. The predicted molar refractivity (Wildman–Crippen MR) is 115 cm³/mol. The molecule has 0 bridgehead atoms. The second kappa shape index (κ2) is 12.2. The van der Waals surface area contributed by atoms with Crippen LogP contribution in [0.15, 0.2) is 12.3 Å². The highest BCUT2D eigenvalue weighted by molar-refractivity contribution is 5.90. The molecule has 7 nitrogen and oxygen atoms in total. The average Bonchev–Trinajstić information content (AvgIpc) is 3.08. The van der Waals surface area contributed by atoms with Crippen LogP contribution in [0.5, 0.6) is 0 Å². The Balaban J connectivity index is 0.00000196. The summed E-state index contributed by atoms with van der Waals surface area (Å²) >= 11 is 0. The number of carbonyl (C=O) groups is 1. The minimum Gasteiger partial charge on any atom is -0.350 e. The van der Waals surface area contributed by atoms with Gasteiger partial charge in [0.2, 0.25) is 5.95 Å². The smallest absolute Gasteiger partial charge is 0.267 e. The molecule has 1 aromatic rings. The molecule has 1 aromatic heterocycles. The molecule has 0 radical (unpaired) electrons. The lowest BCUT2D eigenvalue weighted by molar-refractivity contribution is -0.124. The zero-order valence-corrected chi connectivity index (χ0v) is 17.9. The topological polar surface area (TPSA) is 90.4 Å². The molecule has 3 N–H and O–H groups in total. The van der Waals surface area contributed by atoms with E-state index in [1.807, 2.05) is 6.92 Å². The van der Waals surface area contributed by atoms with Crippen molar-refractivity contribution in [2.45, 2.75) is 51.5 Å². The van der Waals surface area contributed by atoms with Crippen molar-refractivity contribution in [2.24, 2.45) is 5.92 Å². The van der Waals surface area contributed by atoms with E-state index in [9.17, 15) is 4.79 Å². The summed E-state index contributed by atoms with van der Waals surface area (Å²) in [6.45, 7) is 5.31. The van der Waals surface area contributed by atoms with E-state index in [1.165, 1.54) is 44.7 Å². The van der Waals surface area contributed by atoms with Crippen LogP contribution in [-0.2, 0) is 4.79 Å². The van der Waals surface area contributed by atoms with Gasteiger partial charge in [0.1, 0.15) is 0 Å². The lowest BCUT2D eigenvalue weighted by Crippen LogP contribution is -2.31. The molecule has 9 heteroatoms. The molecule has 0 unspecified atom stereocenters. The molecule has 3 rings (SSSR count). The molecule has 0 aromatic carbocycles. The molecule has 2 fully saturated rings. The number of halogens is 2. The summed E-state index contributed by atoms with van der Waals surface area (Å²) in [4.78, 5) is 22.5. The van der Waals surface area contributed by atoms with E-state index >= 15 is 0 Å². The Bertz CT molecular complexity index is 653. The second-order valence-electron chi connectivity index (χ2n) is 7.44. The van der Waals surface area contributed by atoms with Gasteiger partial charge in [-0.05, 0) is 38.2 Å². The highest BCUT2D eigenvalue weighted by atomic mass is 35.5. The van der Waals surface area contributed by atoms with Crippen molar-refractivity contribution < 1.29 is 10.0 Å². The highest BCUT2D eigenvalue weighted by Crippen LogP contribution is 2.26. The van der Waals surface area contributed by atoms with Crippen LogP contribution in [0.3, 0.4) is 0 Å². The van der Waals surface area contributed by atoms with E-state index in [0.717, 1.165) is 36.7 Å². The van der Waals surface area contributed by atoms with Crippen LogP contribution < -0.4 is 10.8 Å². The Labute approximate surface area is 179 Å². The van der Waals surface area contributed by atoms with Gasteiger partial charge in [-0.2, -0.15) is 0 Å². The molecule has 2 aliphatic rings. The first-order valence-corrected chi connectivity index (χ1v) is 9.58. The first kappa shape index (κ1) is 24.6. The molecule has 2 heterocycles. The molecule has 1 atom stereocenters. The molecular weight excluding hydrogens is 401 g/mol. The normalized spacial score (nSPS) is 20.4. The molecule has 1 aliphatic carbocycles. The minimum atomic E-state index is -0.574. The Hall–Kier alpha value is -1.41. The summed E-state index contributed by atoms with van der Waals surface area (Å²) in [6, 6.07) is 0.388. The van der Waals surface area contributed by atoms with Crippen LogP contribution >= 0.6 is 24.8 Å². The summed E-state index contributed by atoms with van der Waals surface area (Å²) in [6.07, 6.45) is 12.6. The van der Waals surface area contributed by atoms with Gasteiger partial charge >= 0.3 is 0 Å². The number of aryl methyl sites for hydroxylation is 1. The largest absolute Gasteiger partial charge is 0.350 e. The number of anilines is 1. The molecule has 28 heavy (non-hydrogen) atoms. The van der Waals surface area contributed by atoms with Gasteiger partial charge in [0.05, 0.1) is 5.69 Å². The van der Waals surface area contributed by atoms with Crippen molar-refractivity contribution in [2.75, 3.05) is 25.0 Å². The monoisotopic (exact) mass is 431 g/mol. The van der Waals surface area contributed by atoms with Crippen LogP contribution in [-0.4, -0.2) is 51.7 Å². The molecule has 1 saturated heterocycles. The average molecular weight is 432 g/mol. The summed E-state index contributed by atoms with van der Waals surface area (Å²) < 4.78 is 0. The third-order valence-electron chi connectivity index (χ3n) is 5.39. The minimum absolute atomic E-state index is 0. The molecule has 158 valence electrons. The van der Waals surface area contributed by atoms with Crippen LogP contribution in [0.2, 0.25) is 0 Å². The molecule has 1 saturated carbocycles. The van der Waals surface area contributed by atoms with Crippen LogP contribution in [0.1, 0.15) is 49.8 Å². The van der Waals surface area contributed by atoms with E-state index < -0.39 is 5.91 Å². The third kappa shape index (κ3) is 7.20. The van der Waals surface area contributed by atoms with Crippen molar-refractivity contribution in [3.05, 3.63) is 23.5 Å². The highest BCUT2D eigenvalue weighted by Gasteiger charge is 2.25. The Morgan fingerprint density at radius 2 is 2.04 bits per heavy atom. The summed E-state index contributed by atoms with van der Waals surface area (Å²) in [7, 11) is 0. The number of hydrogen-bond acceptors (Lipinski definition) is 6. The number of carbonyl (C=O) groups excluding carboxylic acids is 1. The molecule has 1 aliphatic heterocycles. The predicted octanol–water partition coefficient (Wildman–Crippen LogP) is 3.21. The summed E-state index contributed by atoms with van der Waals surface area (Å²) in [5, 5.41) is 12.0. The van der Waals surface area contributed by atoms with E-state index in [-0.39, 0.29) is 24.8 Å². The van der Waals surface area contributed by atoms with Gasteiger partial charge < -0.3 is 10.2 Å². The number of nitrogens with zero attached hydrogens (tertiary/aromatic N) is 3. The fourth-order valence-electron chi connectivity index (χ4n) is 3.95. The van der Waals surface area contributed by atoms with Crippen molar-refractivity contribution in [1.82, 2.24) is 20.3 Å². The number of aromatic nitrogens is 2. The summed E-state index contributed by atoms with van der Waals surface area (Å²) in [5.41, 5.74) is 3.11. The van der Waals surface area contributed by atoms with Gasteiger partial charge in [-0.25, -0.2) is 15.4 Å².